The molecule has 0 atom stereocenters. The van der Waals surface area contributed by atoms with Gasteiger partial charge in [-0.15, -0.1) is 0 Å². The summed E-state index contributed by atoms with van der Waals surface area (Å²) in [4.78, 5) is 19.0. The lowest BCUT2D eigenvalue weighted by Gasteiger charge is -2.18. The topological polar surface area (TPSA) is 57.5 Å². The van der Waals surface area contributed by atoms with E-state index in [1.165, 1.54) is 0 Å². The molecular weight excluding hydrogens is 271 g/mol. The average molecular weight is 290 g/mol. The Hall–Kier alpha value is -1.41. The Balaban J connectivity index is 2.71. The van der Waals surface area contributed by atoms with Crippen LogP contribution in [0.2, 0.25) is 0 Å². The molecule has 0 unspecified atom stereocenters. The maximum Gasteiger partial charge on any atom is 0.356 e. The molecule has 0 heterocycles. The first-order valence-corrected chi connectivity index (χ1v) is 8.36. The second-order valence-corrected chi connectivity index (χ2v) is 6.28. The molecule has 20 heavy (non-hydrogen) atoms. The van der Waals surface area contributed by atoms with Gasteiger partial charge < -0.3 is 9.79 Å². The van der Waals surface area contributed by atoms with Crippen molar-refractivity contribution < 1.29 is 14.4 Å². The van der Waals surface area contributed by atoms with E-state index in [4.69, 9.17) is 0 Å². The molecule has 106 valence electrons. The zero-order valence-electron chi connectivity index (χ0n) is 11.7. The average Bonchev–Trinajstić information content (AvgIpc) is 2.45. The first-order valence-electron chi connectivity index (χ1n) is 6.75. The molecule has 0 aromatic heterocycles. The molecule has 0 aliphatic carbocycles. The minimum absolute atomic E-state index is 0.163. The Morgan fingerprint density at radius 1 is 0.900 bits per heavy atom. The lowest BCUT2D eigenvalue weighted by molar-refractivity contribution is 0.387. The summed E-state index contributed by atoms with van der Waals surface area (Å²) in [6.45, 7) is 3.95. The minimum Gasteiger partial charge on any atom is -0.321 e. The van der Waals surface area contributed by atoms with Crippen LogP contribution < -0.4 is 5.30 Å². The highest BCUT2D eigenvalue weighted by molar-refractivity contribution is 7.60. The maximum atomic E-state index is 11.6. The van der Waals surface area contributed by atoms with Gasteiger partial charge in [0.05, 0.1) is 5.30 Å². The van der Waals surface area contributed by atoms with Crippen LogP contribution in [0.15, 0.2) is 42.5 Å². The Kier molecular flexibility index (Phi) is 4.44. The van der Waals surface area contributed by atoms with Crippen molar-refractivity contribution in [3.63, 3.8) is 0 Å². The molecule has 2 aromatic rings. The summed E-state index contributed by atoms with van der Waals surface area (Å²) in [7, 11) is -4.22. The van der Waals surface area contributed by atoms with Crippen LogP contribution in [0.4, 0.5) is 0 Å². The first kappa shape index (κ1) is 15.0. The fourth-order valence-electron chi connectivity index (χ4n) is 2.64. The molecule has 3 nitrogen and oxygen atoms in total. The van der Waals surface area contributed by atoms with Crippen LogP contribution in [-0.4, -0.2) is 9.79 Å². The van der Waals surface area contributed by atoms with Crippen molar-refractivity contribution in [3.05, 3.63) is 53.6 Å². The van der Waals surface area contributed by atoms with Crippen molar-refractivity contribution in [2.24, 2.45) is 0 Å². The summed E-state index contributed by atoms with van der Waals surface area (Å²) in [6.07, 6.45) is 1.37. The van der Waals surface area contributed by atoms with Crippen LogP contribution in [0.25, 0.3) is 11.1 Å². The molecule has 0 amide bonds. The molecule has 0 aliphatic heterocycles. The van der Waals surface area contributed by atoms with Crippen molar-refractivity contribution in [2.75, 3.05) is 0 Å². The standard InChI is InChI=1S/C16H19O3P/c1-3-13-14(4-2)16(20(17,18)19)11-10-15(13)12-8-6-5-7-9-12/h5-11H,3-4H2,1-2H3,(H2,17,18,19). The molecule has 4 heteroatoms. The highest BCUT2D eigenvalue weighted by Crippen LogP contribution is 2.38. The molecule has 0 radical (unpaired) electrons. The van der Waals surface area contributed by atoms with E-state index in [0.717, 1.165) is 28.7 Å². The molecule has 0 fully saturated rings. The fourth-order valence-corrected chi connectivity index (χ4v) is 3.55. The molecule has 2 N–H and O–H groups in total. The maximum absolute atomic E-state index is 11.6. The van der Waals surface area contributed by atoms with Gasteiger partial charge in [-0.05, 0) is 41.2 Å². The third-order valence-electron chi connectivity index (χ3n) is 3.51. The predicted octanol–water partition coefficient (Wildman–Crippen LogP) is 3.28. The van der Waals surface area contributed by atoms with E-state index in [0.29, 0.717) is 6.42 Å². The van der Waals surface area contributed by atoms with E-state index < -0.39 is 7.60 Å². The van der Waals surface area contributed by atoms with Crippen molar-refractivity contribution >= 4 is 12.9 Å². The van der Waals surface area contributed by atoms with Gasteiger partial charge in [-0.2, -0.15) is 0 Å². The summed E-state index contributed by atoms with van der Waals surface area (Å²) in [5, 5.41) is 0.163. The second kappa shape index (κ2) is 5.92. The summed E-state index contributed by atoms with van der Waals surface area (Å²) in [5.74, 6) is 0. The van der Waals surface area contributed by atoms with Crippen LogP contribution in [-0.2, 0) is 17.4 Å². The van der Waals surface area contributed by atoms with Gasteiger partial charge in [0, 0.05) is 0 Å². The van der Waals surface area contributed by atoms with E-state index in [1.54, 1.807) is 6.07 Å². The van der Waals surface area contributed by atoms with Crippen molar-refractivity contribution in [2.45, 2.75) is 26.7 Å². The molecular formula is C16H19O3P. The molecule has 0 saturated carbocycles. The quantitative estimate of drug-likeness (QED) is 0.850. The van der Waals surface area contributed by atoms with Crippen LogP contribution in [0.5, 0.6) is 0 Å². The summed E-state index contributed by atoms with van der Waals surface area (Å²) >= 11 is 0. The van der Waals surface area contributed by atoms with Gasteiger partial charge in [-0.1, -0.05) is 50.2 Å². The SMILES string of the molecule is CCc1c(-c2ccccc2)ccc(P(=O)(O)O)c1CC. The third-order valence-corrected chi connectivity index (χ3v) is 4.56. The molecule has 0 saturated heterocycles. The minimum atomic E-state index is -4.22. The van der Waals surface area contributed by atoms with Gasteiger partial charge in [0.25, 0.3) is 0 Å². The fraction of sp³-hybridized carbons (Fsp3) is 0.250. The number of benzene rings is 2. The van der Waals surface area contributed by atoms with Crippen LogP contribution in [0, 0.1) is 0 Å². The largest absolute Gasteiger partial charge is 0.356 e. The lowest BCUT2D eigenvalue weighted by atomic mass is 9.92. The van der Waals surface area contributed by atoms with Gasteiger partial charge in [0.1, 0.15) is 0 Å². The highest BCUT2D eigenvalue weighted by Gasteiger charge is 2.23. The monoisotopic (exact) mass is 290 g/mol. The normalized spacial score (nSPS) is 11.6. The number of hydrogen-bond donors (Lipinski definition) is 2. The molecule has 0 bridgehead atoms. The molecule has 2 rings (SSSR count). The Labute approximate surface area is 119 Å². The lowest BCUT2D eigenvalue weighted by Crippen LogP contribution is -2.14. The Morgan fingerprint density at radius 3 is 2.00 bits per heavy atom. The van der Waals surface area contributed by atoms with Crippen molar-refractivity contribution in [3.8, 4) is 11.1 Å². The van der Waals surface area contributed by atoms with Crippen molar-refractivity contribution in [1.29, 1.82) is 0 Å². The van der Waals surface area contributed by atoms with Crippen LogP contribution in [0.3, 0.4) is 0 Å². The van der Waals surface area contributed by atoms with Crippen LogP contribution >= 0.6 is 7.60 Å². The zero-order chi connectivity index (χ0) is 14.8. The number of hydrogen-bond acceptors (Lipinski definition) is 1. The smallest absolute Gasteiger partial charge is 0.321 e. The predicted molar refractivity (Wildman–Crippen MR) is 82.3 cm³/mol. The Bertz CT molecular complexity index is 644. The van der Waals surface area contributed by atoms with Gasteiger partial charge in [-0.3, -0.25) is 4.57 Å². The van der Waals surface area contributed by atoms with Gasteiger partial charge in [0.15, 0.2) is 0 Å². The van der Waals surface area contributed by atoms with E-state index in [9.17, 15) is 14.4 Å². The molecule has 2 aromatic carbocycles. The van der Waals surface area contributed by atoms with Gasteiger partial charge in [0.2, 0.25) is 0 Å². The summed E-state index contributed by atoms with van der Waals surface area (Å²) in [6, 6.07) is 13.3. The summed E-state index contributed by atoms with van der Waals surface area (Å²) < 4.78 is 11.6. The molecule has 0 aliphatic rings. The van der Waals surface area contributed by atoms with Crippen LogP contribution in [0.1, 0.15) is 25.0 Å². The highest BCUT2D eigenvalue weighted by atomic mass is 31.2. The molecule has 0 spiro atoms. The van der Waals surface area contributed by atoms with E-state index in [2.05, 4.69) is 0 Å². The first-order chi connectivity index (χ1) is 9.49. The Morgan fingerprint density at radius 2 is 1.50 bits per heavy atom. The van der Waals surface area contributed by atoms with E-state index in [-0.39, 0.29) is 5.30 Å². The zero-order valence-corrected chi connectivity index (χ0v) is 12.6. The third kappa shape index (κ3) is 2.85. The second-order valence-electron chi connectivity index (χ2n) is 4.71. The van der Waals surface area contributed by atoms with E-state index >= 15 is 0 Å². The summed E-state index contributed by atoms with van der Waals surface area (Å²) in [5.41, 5.74) is 3.94. The van der Waals surface area contributed by atoms with Gasteiger partial charge >= 0.3 is 7.60 Å². The van der Waals surface area contributed by atoms with E-state index in [1.807, 2.05) is 50.2 Å². The van der Waals surface area contributed by atoms with Gasteiger partial charge in [-0.25, -0.2) is 0 Å². The van der Waals surface area contributed by atoms with Crippen molar-refractivity contribution in [1.82, 2.24) is 0 Å². The number of rotatable bonds is 4.